The summed E-state index contributed by atoms with van der Waals surface area (Å²) in [6.07, 6.45) is 0.875. The average Bonchev–Trinajstić information content (AvgIpc) is 2.52. The average molecular weight is 390 g/mol. The summed E-state index contributed by atoms with van der Waals surface area (Å²) in [5, 5.41) is 8.55. The summed E-state index contributed by atoms with van der Waals surface area (Å²) in [6, 6.07) is 4.92. The standard InChI is InChI=1S/C22H35N3O3/c1-14(2)9-10-23-18(26)15-11-16(24-19(27)21(3,4)5)13-17(12-15)25-20(28)22(6,7)8/h11-14H,9-10H2,1-8H3,(H,23,26)(H,24,27)(H,25,28). The van der Waals surface area contributed by atoms with Gasteiger partial charge in [0.25, 0.3) is 5.91 Å². The SMILES string of the molecule is CC(C)CCNC(=O)c1cc(NC(=O)C(C)(C)C)cc(NC(=O)C(C)(C)C)c1. The number of carbonyl (C=O) groups excluding carboxylic acids is 3. The second-order valence-corrected chi connectivity index (χ2v) is 9.65. The van der Waals surface area contributed by atoms with Crippen LogP contribution in [0.1, 0.15) is 72.2 Å². The lowest BCUT2D eigenvalue weighted by atomic mass is 9.95. The second kappa shape index (κ2) is 9.22. The van der Waals surface area contributed by atoms with Crippen LogP contribution in [-0.2, 0) is 9.59 Å². The number of amides is 3. The Hall–Kier alpha value is -2.37. The van der Waals surface area contributed by atoms with Gasteiger partial charge in [0.2, 0.25) is 11.8 Å². The summed E-state index contributed by atoms with van der Waals surface area (Å²) in [5.41, 5.74) is 0.176. The molecule has 1 rings (SSSR count). The van der Waals surface area contributed by atoms with E-state index in [9.17, 15) is 14.4 Å². The Morgan fingerprint density at radius 1 is 0.821 bits per heavy atom. The first-order valence-electron chi connectivity index (χ1n) is 9.76. The van der Waals surface area contributed by atoms with E-state index in [4.69, 9.17) is 0 Å². The first-order valence-corrected chi connectivity index (χ1v) is 9.76. The predicted octanol–water partition coefficient (Wildman–Crippen LogP) is 4.43. The minimum atomic E-state index is -0.579. The topological polar surface area (TPSA) is 87.3 Å². The molecular formula is C22H35N3O3. The van der Waals surface area contributed by atoms with Crippen LogP contribution in [-0.4, -0.2) is 24.3 Å². The molecule has 0 fully saturated rings. The lowest BCUT2D eigenvalue weighted by molar-refractivity contribution is -0.123. The van der Waals surface area contributed by atoms with Crippen LogP contribution in [0.2, 0.25) is 0 Å². The van der Waals surface area contributed by atoms with Gasteiger partial charge in [0.1, 0.15) is 0 Å². The molecule has 0 saturated heterocycles. The van der Waals surface area contributed by atoms with Gasteiger partial charge in [-0.1, -0.05) is 55.4 Å². The highest BCUT2D eigenvalue weighted by Gasteiger charge is 2.24. The number of hydrogen-bond donors (Lipinski definition) is 3. The van der Waals surface area contributed by atoms with Crippen molar-refractivity contribution in [3.8, 4) is 0 Å². The minimum absolute atomic E-state index is 0.169. The number of benzene rings is 1. The lowest BCUT2D eigenvalue weighted by Gasteiger charge is -2.20. The summed E-state index contributed by atoms with van der Waals surface area (Å²) in [4.78, 5) is 37.3. The van der Waals surface area contributed by atoms with Crippen LogP contribution >= 0.6 is 0 Å². The third-order valence-corrected chi connectivity index (χ3v) is 4.08. The molecule has 0 unspecified atom stereocenters. The summed E-state index contributed by atoms with van der Waals surface area (Å²) in [7, 11) is 0. The molecule has 0 aliphatic heterocycles. The van der Waals surface area contributed by atoms with E-state index >= 15 is 0 Å². The molecule has 156 valence electrons. The van der Waals surface area contributed by atoms with Crippen molar-refractivity contribution in [3.05, 3.63) is 23.8 Å². The van der Waals surface area contributed by atoms with E-state index in [2.05, 4.69) is 29.8 Å². The molecule has 0 radical (unpaired) electrons. The van der Waals surface area contributed by atoms with Crippen LogP contribution in [0.25, 0.3) is 0 Å². The highest BCUT2D eigenvalue weighted by Crippen LogP contribution is 2.24. The zero-order valence-electron chi connectivity index (χ0n) is 18.4. The van der Waals surface area contributed by atoms with Crippen molar-refractivity contribution in [2.24, 2.45) is 16.7 Å². The molecule has 0 aliphatic rings. The zero-order valence-corrected chi connectivity index (χ0v) is 18.4. The first kappa shape index (κ1) is 23.7. The molecule has 0 aliphatic carbocycles. The van der Waals surface area contributed by atoms with E-state index in [0.29, 0.717) is 29.4 Å². The van der Waals surface area contributed by atoms with Gasteiger partial charge in [-0.25, -0.2) is 0 Å². The molecule has 6 heteroatoms. The summed E-state index contributed by atoms with van der Waals surface area (Å²) in [6.45, 7) is 15.6. The Labute approximate surface area is 168 Å². The molecule has 0 saturated carbocycles. The fourth-order valence-electron chi connectivity index (χ4n) is 2.12. The summed E-state index contributed by atoms with van der Waals surface area (Å²) in [5.74, 6) is -0.0889. The van der Waals surface area contributed by atoms with Gasteiger partial charge in [-0.05, 0) is 30.5 Å². The van der Waals surface area contributed by atoms with Crippen LogP contribution in [0, 0.1) is 16.7 Å². The van der Waals surface area contributed by atoms with Gasteiger partial charge < -0.3 is 16.0 Å². The van der Waals surface area contributed by atoms with Crippen molar-refractivity contribution in [2.45, 2.75) is 61.8 Å². The van der Waals surface area contributed by atoms with E-state index in [1.807, 2.05) is 41.5 Å². The maximum atomic E-state index is 12.6. The predicted molar refractivity (Wildman–Crippen MR) is 114 cm³/mol. The van der Waals surface area contributed by atoms with E-state index in [0.717, 1.165) is 6.42 Å². The number of rotatable bonds is 6. The van der Waals surface area contributed by atoms with Crippen molar-refractivity contribution >= 4 is 29.1 Å². The largest absolute Gasteiger partial charge is 0.352 e. The molecule has 0 aromatic heterocycles. The highest BCUT2D eigenvalue weighted by molar-refractivity contribution is 6.02. The van der Waals surface area contributed by atoms with Gasteiger partial charge in [-0.3, -0.25) is 14.4 Å². The second-order valence-electron chi connectivity index (χ2n) is 9.65. The zero-order chi connectivity index (χ0) is 21.7. The molecule has 1 aromatic rings. The Kier molecular flexibility index (Phi) is 7.79. The maximum Gasteiger partial charge on any atom is 0.251 e. The smallest absolute Gasteiger partial charge is 0.251 e. The van der Waals surface area contributed by atoms with Crippen LogP contribution in [0.3, 0.4) is 0 Å². The van der Waals surface area contributed by atoms with Gasteiger partial charge in [-0.2, -0.15) is 0 Å². The Morgan fingerprint density at radius 3 is 1.61 bits per heavy atom. The van der Waals surface area contributed by atoms with Gasteiger partial charge in [0, 0.05) is 34.3 Å². The third kappa shape index (κ3) is 7.71. The quantitative estimate of drug-likeness (QED) is 0.672. The Bertz CT molecular complexity index is 679. The molecule has 3 amide bonds. The molecule has 0 spiro atoms. The Morgan fingerprint density at radius 2 is 1.25 bits per heavy atom. The molecule has 0 heterocycles. The van der Waals surface area contributed by atoms with Gasteiger partial charge in [0.05, 0.1) is 0 Å². The molecule has 28 heavy (non-hydrogen) atoms. The number of anilines is 2. The molecule has 3 N–H and O–H groups in total. The van der Waals surface area contributed by atoms with Crippen LogP contribution in [0.5, 0.6) is 0 Å². The minimum Gasteiger partial charge on any atom is -0.352 e. The first-order chi connectivity index (χ1) is 12.7. The van der Waals surface area contributed by atoms with Crippen LogP contribution in [0.15, 0.2) is 18.2 Å². The van der Waals surface area contributed by atoms with Crippen molar-refractivity contribution in [3.63, 3.8) is 0 Å². The van der Waals surface area contributed by atoms with Crippen molar-refractivity contribution in [1.82, 2.24) is 5.32 Å². The summed E-state index contributed by atoms with van der Waals surface area (Å²) >= 11 is 0. The van der Waals surface area contributed by atoms with Crippen LogP contribution in [0.4, 0.5) is 11.4 Å². The molecule has 6 nitrogen and oxygen atoms in total. The highest BCUT2D eigenvalue weighted by atomic mass is 16.2. The lowest BCUT2D eigenvalue weighted by Crippen LogP contribution is -2.30. The fourth-order valence-corrected chi connectivity index (χ4v) is 2.12. The molecule has 0 bridgehead atoms. The Balaban J connectivity index is 3.14. The summed E-state index contributed by atoms with van der Waals surface area (Å²) < 4.78 is 0. The molecule has 1 aromatic carbocycles. The van der Waals surface area contributed by atoms with Gasteiger partial charge in [0.15, 0.2) is 0 Å². The van der Waals surface area contributed by atoms with E-state index in [1.165, 1.54) is 0 Å². The number of nitrogens with one attached hydrogen (secondary N) is 3. The normalized spacial score (nSPS) is 11.9. The third-order valence-electron chi connectivity index (χ3n) is 4.08. The molecular weight excluding hydrogens is 354 g/mol. The van der Waals surface area contributed by atoms with E-state index < -0.39 is 10.8 Å². The monoisotopic (exact) mass is 389 g/mol. The van der Waals surface area contributed by atoms with Crippen LogP contribution < -0.4 is 16.0 Å². The molecule has 0 atom stereocenters. The number of hydrogen-bond acceptors (Lipinski definition) is 3. The number of carbonyl (C=O) groups is 3. The van der Waals surface area contributed by atoms with E-state index in [1.54, 1.807) is 18.2 Å². The fraction of sp³-hybridized carbons (Fsp3) is 0.591. The van der Waals surface area contributed by atoms with Crippen molar-refractivity contribution in [1.29, 1.82) is 0 Å². The maximum absolute atomic E-state index is 12.6. The van der Waals surface area contributed by atoms with Gasteiger partial charge in [-0.15, -0.1) is 0 Å². The van der Waals surface area contributed by atoms with Crippen molar-refractivity contribution < 1.29 is 14.4 Å². The van der Waals surface area contributed by atoms with Crippen molar-refractivity contribution in [2.75, 3.05) is 17.2 Å². The van der Waals surface area contributed by atoms with E-state index in [-0.39, 0.29) is 17.7 Å². The van der Waals surface area contributed by atoms with Gasteiger partial charge >= 0.3 is 0 Å².